The van der Waals surface area contributed by atoms with E-state index in [0.717, 1.165) is 0 Å². The minimum absolute atomic E-state index is 0.462. The second-order valence-corrected chi connectivity index (χ2v) is 5.83. The van der Waals surface area contributed by atoms with Crippen molar-refractivity contribution in [3.63, 3.8) is 0 Å². The number of hydrogen-bond acceptors (Lipinski definition) is 4. The maximum atomic E-state index is 10.1. The number of nitrogens with zero attached hydrogens (tertiary/aromatic N) is 3. The van der Waals surface area contributed by atoms with E-state index >= 15 is 0 Å². The Labute approximate surface area is 111 Å². The normalized spacial score (nSPS) is 13.0. The van der Waals surface area contributed by atoms with Crippen LogP contribution in [0.25, 0.3) is 5.65 Å². The van der Waals surface area contributed by atoms with Crippen LogP contribution in [0.3, 0.4) is 0 Å². The van der Waals surface area contributed by atoms with Crippen LogP contribution in [0.5, 0.6) is 0 Å². The van der Waals surface area contributed by atoms with Gasteiger partial charge in [-0.25, -0.2) is 4.52 Å². The van der Waals surface area contributed by atoms with Crippen LogP contribution in [0.15, 0.2) is 18.3 Å². The molecule has 0 saturated heterocycles. The van der Waals surface area contributed by atoms with Gasteiger partial charge in [-0.15, -0.1) is 5.10 Å². The van der Waals surface area contributed by atoms with E-state index in [4.69, 9.17) is 11.6 Å². The first-order valence-corrected chi connectivity index (χ1v) is 6.09. The Hall–Kier alpha value is -1.33. The van der Waals surface area contributed by atoms with E-state index in [-0.39, 0.29) is 0 Å². The van der Waals surface area contributed by atoms with Crippen LogP contribution in [0.4, 0.5) is 5.95 Å². The number of nitrogens with one attached hydrogen (secondary N) is 1. The van der Waals surface area contributed by atoms with Crippen molar-refractivity contribution < 1.29 is 5.11 Å². The van der Waals surface area contributed by atoms with Crippen molar-refractivity contribution in [2.45, 2.75) is 38.8 Å². The Balaban J connectivity index is 2.33. The number of halogens is 1. The second kappa shape index (κ2) is 4.10. The molecule has 5 nitrogen and oxygen atoms in total. The summed E-state index contributed by atoms with van der Waals surface area (Å²) < 4.78 is 1.60. The first-order chi connectivity index (χ1) is 8.19. The highest BCUT2D eigenvalue weighted by molar-refractivity contribution is 6.30. The van der Waals surface area contributed by atoms with E-state index in [1.165, 1.54) is 0 Å². The summed E-state index contributed by atoms with van der Waals surface area (Å²) in [6.07, 6.45) is 1.69. The number of aromatic nitrogens is 3. The molecule has 2 N–H and O–H groups in total. The minimum Gasteiger partial charge on any atom is -0.388 e. The fourth-order valence-electron chi connectivity index (χ4n) is 1.34. The lowest BCUT2D eigenvalue weighted by atomic mass is 9.86. The van der Waals surface area contributed by atoms with Crippen molar-refractivity contribution in [2.24, 2.45) is 0 Å². The summed E-state index contributed by atoms with van der Waals surface area (Å²) >= 11 is 5.88. The van der Waals surface area contributed by atoms with E-state index in [9.17, 15) is 5.11 Å². The molecule has 0 saturated carbocycles. The summed E-state index contributed by atoms with van der Waals surface area (Å²) in [5.74, 6) is 0.462. The molecular weight excluding hydrogens is 252 g/mol. The zero-order valence-corrected chi connectivity index (χ0v) is 11.7. The summed E-state index contributed by atoms with van der Waals surface area (Å²) in [6.45, 7) is 7.27. The maximum Gasteiger partial charge on any atom is 0.243 e. The topological polar surface area (TPSA) is 62.5 Å². The lowest BCUT2D eigenvalue weighted by Crippen LogP contribution is -2.51. The lowest BCUT2D eigenvalue weighted by Gasteiger charge is -2.37. The number of aliphatic hydroxyl groups is 1. The number of hydrogen-bond donors (Lipinski definition) is 2. The first-order valence-electron chi connectivity index (χ1n) is 5.71. The molecule has 0 amide bonds. The maximum absolute atomic E-state index is 10.1. The number of rotatable bonds is 3. The van der Waals surface area contributed by atoms with E-state index in [1.54, 1.807) is 36.7 Å². The fraction of sp³-hybridized carbons (Fsp3) is 0.500. The summed E-state index contributed by atoms with van der Waals surface area (Å²) in [4.78, 5) is 4.32. The molecule has 0 spiro atoms. The molecule has 2 rings (SSSR count). The van der Waals surface area contributed by atoms with Gasteiger partial charge in [0.15, 0.2) is 5.65 Å². The van der Waals surface area contributed by atoms with Crippen molar-refractivity contribution in [1.29, 1.82) is 0 Å². The van der Waals surface area contributed by atoms with Crippen molar-refractivity contribution in [3.05, 3.63) is 23.4 Å². The standard InChI is InChI=1S/C12H17ClN4O/c1-11(2,12(3,4)18)15-10-14-9-6-5-8(13)7-17(9)16-10/h5-7,18H,1-4H3,(H,15,16). The van der Waals surface area contributed by atoms with Crippen molar-refractivity contribution >= 4 is 23.2 Å². The van der Waals surface area contributed by atoms with Crippen LogP contribution >= 0.6 is 11.6 Å². The van der Waals surface area contributed by atoms with Gasteiger partial charge >= 0.3 is 0 Å². The molecule has 6 heteroatoms. The molecule has 0 unspecified atom stereocenters. The Morgan fingerprint density at radius 1 is 1.28 bits per heavy atom. The molecule has 2 aromatic rings. The smallest absolute Gasteiger partial charge is 0.243 e. The average Bonchev–Trinajstić information content (AvgIpc) is 2.56. The highest BCUT2D eigenvalue weighted by Gasteiger charge is 2.35. The predicted octanol–water partition coefficient (Wildman–Crippen LogP) is 2.34. The fourth-order valence-corrected chi connectivity index (χ4v) is 1.50. The molecule has 0 atom stereocenters. The molecule has 2 aromatic heterocycles. The van der Waals surface area contributed by atoms with Gasteiger partial charge in [-0.05, 0) is 39.8 Å². The number of anilines is 1. The summed E-state index contributed by atoms with van der Waals surface area (Å²) in [5.41, 5.74) is -0.752. The molecule has 18 heavy (non-hydrogen) atoms. The summed E-state index contributed by atoms with van der Waals surface area (Å²) in [7, 11) is 0. The number of fused-ring (bicyclic) bond motifs is 1. The lowest BCUT2D eigenvalue weighted by molar-refractivity contribution is 0.0237. The van der Waals surface area contributed by atoms with Crippen molar-refractivity contribution in [1.82, 2.24) is 14.6 Å². The third-order valence-corrected chi connectivity index (χ3v) is 3.47. The summed E-state index contributed by atoms with van der Waals surface area (Å²) in [6, 6.07) is 3.55. The summed E-state index contributed by atoms with van der Waals surface area (Å²) in [5, 5.41) is 18.1. The van der Waals surface area contributed by atoms with Gasteiger partial charge in [0.1, 0.15) is 0 Å². The molecule has 0 aliphatic heterocycles. The van der Waals surface area contributed by atoms with Crippen LogP contribution in [-0.2, 0) is 0 Å². The van der Waals surface area contributed by atoms with Crippen LogP contribution in [0.2, 0.25) is 5.02 Å². The quantitative estimate of drug-likeness (QED) is 0.897. The van der Waals surface area contributed by atoms with Crippen LogP contribution in [0.1, 0.15) is 27.7 Å². The Kier molecular flexibility index (Phi) is 2.99. The average molecular weight is 269 g/mol. The SMILES string of the molecule is CC(C)(O)C(C)(C)Nc1nc2ccc(Cl)cn2n1. The van der Waals surface area contributed by atoms with Gasteiger partial charge in [-0.3, -0.25) is 0 Å². The van der Waals surface area contributed by atoms with Crippen LogP contribution < -0.4 is 5.32 Å². The first kappa shape index (κ1) is 13.1. The largest absolute Gasteiger partial charge is 0.388 e. The zero-order chi connectivity index (χ0) is 13.6. The van der Waals surface area contributed by atoms with Gasteiger partial charge in [-0.1, -0.05) is 11.6 Å². The molecule has 0 aromatic carbocycles. The minimum atomic E-state index is -0.901. The van der Waals surface area contributed by atoms with Gasteiger partial charge in [0.05, 0.1) is 16.2 Å². The molecule has 0 aliphatic carbocycles. The third-order valence-electron chi connectivity index (χ3n) is 3.25. The third kappa shape index (κ3) is 2.42. The van der Waals surface area contributed by atoms with Gasteiger partial charge in [-0.2, -0.15) is 4.98 Å². The molecule has 2 heterocycles. The second-order valence-electron chi connectivity index (χ2n) is 5.39. The zero-order valence-electron chi connectivity index (χ0n) is 10.9. The van der Waals surface area contributed by atoms with Gasteiger partial charge in [0.25, 0.3) is 0 Å². The Bertz CT molecular complexity index is 571. The van der Waals surface area contributed by atoms with E-state index in [2.05, 4.69) is 15.4 Å². The van der Waals surface area contributed by atoms with Crippen molar-refractivity contribution in [3.8, 4) is 0 Å². The Morgan fingerprint density at radius 3 is 2.56 bits per heavy atom. The highest BCUT2D eigenvalue weighted by atomic mass is 35.5. The monoisotopic (exact) mass is 268 g/mol. The Morgan fingerprint density at radius 2 is 1.94 bits per heavy atom. The van der Waals surface area contributed by atoms with E-state index < -0.39 is 11.1 Å². The van der Waals surface area contributed by atoms with Crippen molar-refractivity contribution in [2.75, 3.05) is 5.32 Å². The highest BCUT2D eigenvalue weighted by Crippen LogP contribution is 2.24. The van der Waals surface area contributed by atoms with Crippen LogP contribution in [0, 0.1) is 0 Å². The van der Waals surface area contributed by atoms with Crippen LogP contribution in [-0.4, -0.2) is 30.8 Å². The van der Waals surface area contributed by atoms with E-state index in [1.807, 2.05) is 13.8 Å². The molecule has 0 aliphatic rings. The predicted molar refractivity (Wildman–Crippen MR) is 72.0 cm³/mol. The molecule has 98 valence electrons. The van der Waals surface area contributed by atoms with Gasteiger partial charge < -0.3 is 10.4 Å². The molecule has 0 bridgehead atoms. The molecular formula is C12H17ClN4O. The van der Waals surface area contributed by atoms with Gasteiger partial charge in [0, 0.05) is 6.20 Å². The molecule has 0 radical (unpaired) electrons. The van der Waals surface area contributed by atoms with Gasteiger partial charge in [0.2, 0.25) is 5.95 Å². The van der Waals surface area contributed by atoms with E-state index in [0.29, 0.717) is 16.6 Å². The molecule has 0 fully saturated rings. The number of pyridine rings is 1.